The molecule has 8 heteroatoms. The normalized spacial score (nSPS) is 14.9. The Hall–Kier alpha value is -4.43. The van der Waals surface area contributed by atoms with Crippen molar-refractivity contribution in [3.8, 4) is 5.75 Å². The minimum atomic E-state index is -0.644. The van der Waals surface area contributed by atoms with Gasteiger partial charge in [-0.3, -0.25) is 9.36 Å². The van der Waals surface area contributed by atoms with Crippen LogP contribution in [0.4, 0.5) is 5.69 Å². The predicted molar refractivity (Wildman–Crippen MR) is 158 cm³/mol. The van der Waals surface area contributed by atoms with Gasteiger partial charge >= 0.3 is 5.97 Å². The second-order valence-electron chi connectivity index (χ2n) is 9.63. The molecule has 0 amide bonds. The molecule has 7 nitrogen and oxygen atoms in total. The lowest BCUT2D eigenvalue weighted by atomic mass is 9.95. The third kappa shape index (κ3) is 5.62. The van der Waals surface area contributed by atoms with E-state index >= 15 is 0 Å². The number of benzene rings is 3. The van der Waals surface area contributed by atoms with Gasteiger partial charge in [-0.15, -0.1) is 0 Å². The van der Waals surface area contributed by atoms with Crippen LogP contribution in [-0.2, 0) is 16.1 Å². The van der Waals surface area contributed by atoms with Crippen LogP contribution in [0.2, 0.25) is 0 Å². The lowest BCUT2D eigenvalue weighted by molar-refractivity contribution is -0.139. The summed E-state index contributed by atoms with van der Waals surface area (Å²) in [4.78, 5) is 34.2. The summed E-state index contributed by atoms with van der Waals surface area (Å²) in [5.74, 6) is 0.243. The first kappa shape index (κ1) is 27.1. The minimum Gasteiger partial charge on any atom is -0.489 e. The van der Waals surface area contributed by atoms with Gasteiger partial charge < -0.3 is 14.4 Å². The molecule has 0 saturated heterocycles. The van der Waals surface area contributed by atoms with E-state index < -0.39 is 12.0 Å². The van der Waals surface area contributed by atoms with Gasteiger partial charge in [0.05, 0.1) is 28.5 Å². The molecular formula is C32H31N3O4S. The van der Waals surface area contributed by atoms with Gasteiger partial charge in [0.25, 0.3) is 5.56 Å². The van der Waals surface area contributed by atoms with Crippen LogP contribution in [0, 0.1) is 0 Å². The summed E-state index contributed by atoms with van der Waals surface area (Å²) >= 11 is 1.30. The molecule has 0 N–H and O–H groups in total. The SMILES string of the molecule is CCOC(=O)C1=C(C)N=c2s/c(=C\c3cccc(OCc4ccccc4)c3)c(=O)n2C1c1ccc(N(C)C)cc1. The fourth-order valence-electron chi connectivity index (χ4n) is 4.65. The molecule has 1 aliphatic heterocycles. The van der Waals surface area contributed by atoms with Crippen LogP contribution >= 0.6 is 11.3 Å². The predicted octanol–water partition coefficient (Wildman–Crippen LogP) is 4.44. The first-order valence-electron chi connectivity index (χ1n) is 13.1. The molecule has 40 heavy (non-hydrogen) atoms. The van der Waals surface area contributed by atoms with Gasteiger partial charge in [0.1, 0.15) is 12.4 Å². The summed E-state index contributed by atoms with van der Waals surface area (Å²) in [5, 5.41) is 0. The van der Waals surface area contributed by atoms with Crippen molar-refractivity contribution in [3.05, 3.63) is 127 Å². The van der Waals surface area contributed by atoms with Crippen molar-refractivity contribution in [3.63, 3.8) is 0 Å². The molecule has 0 bridgehead atoms. The van der Waals surface area contributed by atoms with Crippen LogP contribution in [0.1, 0.15) is 36.6 Å². The molecular weight excluding hydrogens is 522 g/mol. The van der Waals surface area contributed by atoms with Gasteiger partial charge in [-0.1, -0.05) is 65.9 Å². The minimum absolute atomic E-state index is 0.213. The maximum absolute atomic E-state index is 13.9. The number of aromatic nitrogens is 1. The molecule has 0 aliphatic carbocycles. The molecule has 1 aliphatic rings. The van der Waals surface area contributed by atoms with E-state index in [1.165, 1.54) is 11.3 Å². The molecule has 0 saturated carbocycles. The summed E-state index contributed by atoms with van der Waals surface area (Å²) in [5.41, 5.74) is 4.45. The van der Waals surface area contributed by atoms with E-state index in [2.05, 4.69) is 4.99 Å². The lowest BCUT2D eigenvalue weighted by Crippen LogP contribution is -2.39. The van der Waals surface area contributed by atoms with Crippen LogP contribution in [0.3, 0.4) is 0 Å². The topological polar surface area (TPSA) is 73.1 Å². The molecule has 0 radical (unpaired) electrons. The van der Waals surface area contributed by atoms with Crippen molar-refractivity contribution in [1.29, 1.82) is 0 Å². The Morgan fingerprint density at radius 2 is 1.80 bits per heavy atom. The van der Waals surface area contributed by atoms with Crippen LogP contribution in [0.15, 0.2) is 99.9 Å². The third-order valence-corrected chi connectivity index (χ3v) is 7.63. The van der Waals surface area contributed by atoms with Crippen LogP contribution in [-0.4, -0.2) is 31.2 Å². The number of hydrogen-bond acceptors (Lipinski definition) is 7. The highest BCUT2D eigenvalue weighted by Crippen LogP contribution is 2.31. The first-order valence-corrected chi connectivity index (χ1v) is 13.9. The number of allylic oxidation sites excluding steroid dienone is 1. The van der Waals surface area contributed by atoms with E-state index in [0.717, 1.165) is 22.4 Å². The van der Waals surface area contributed by atoms with E-state index in [-0.39, 0.29) is 12.2 Å². The Kier molecular flexibility index (Phi) is 7.98. The van der Waals surface area contributed by atoms with Gasteiger partial charge in [0.15, 0.2) is 4.80 Å². The van der Waals surface area contributed by atoms with Crippen LogP contribution in [0.5, 0.6) is 5.75 Å². The zero-order chi connectivity index (χ0) is 28.2. The fraction of sp³-hybridized carbons (Fsp3) is 0.219. The number of rotatable bonds is 8. The summed E-state index contributed by atoms with van der Waals surface area (Å²) in [7, 11) is 3.93. The maximum atomic E-state index is 13.9. The number of carbonyl (C=O) groups is 1. The van der Waals surface area contributed by atoms with E-state index in [1.54, 1.807) is 18.4 Å². The summed E-state index contributed by atoms with van der Waals surface area (Å²) in [6.45, 7) is 4.24. The number of hydrogen-bond donors (Lipinski definition) is 0. The van der Waals surface area contributed by atoms with Gasteiger partial charge in [0, 0.05) is 19.8 Å². The van der Waals surface area contributed by atoms with Crippen molar-refractivity contribution in [1.82, 2.24) is 4.57 Å². The Morgan fingerprint density at radius 1 is 1.05 bits per heavy atom. The van der Waals surface area contributed by atoms with E-state index in [4.69, 9.17) is 9.47 Å². The lowest BCUT2D eigenvalue weighted by Gasteiger charge is -2.25. The third-order valence-electron chi connectivity index (χ3n) is 6.65. The zero-order valence-corrected chi connectivity index (χ0v) is 23.8. The van der Waals surface area contributed by atoms with Crippen LogP contribution in [0.25, 0.3) is 6.08 Å². The summed E-state index contributed by atoms with van der Waals surface area (Å²) in [6, 6.07) is 24.8. The highest BCUT2D eigenvalue weighted by molar-refractivity contribution is 7.07. The largest absolute Gasteiger partial charge is 0.489 e. The Balaban J connectivity index is 1.56. The van der Waals surface area contributed by atoms with E-state index in [1.807, 2.05) is 104 Å². The fourth-order valence-corrected chi connectivity index (χ4v) is 5.69. The number of carbonyl (C=O) groups excluding carboxylic acids is 1. The molecule has 1 unspecified atom stereocenters. The molecule has 2 heterocycles. The first-order chi connectivity index (χ1) is 19.4. The molecule has 1 aromatic heterocycles. The van der Waals surface area contributed by atoms with E-state index in [9.17, 15) is 9.59 Å². The van der Waals surface area contributed by atoms with Crippen molar-refractivity contribution >= 4 is 29.1 Å². The molecule has 4 aromatic rings. The number of nitrogens with zero attached hydrogens (tertiary/aromatic N) is 3. The number of esters is 1. The van der Waals surface area contributed by atoms with Gasteiger partial charge in [0.2, 0.25) is 0 Å². The average Bonchev–Trinajstić information content (AvgIpc) is 3.26. The summed E-state index contributed by atoms with van der Waals surface area (Å²) < 4.78 is 13.5. The Labute approximate surface area is 237 Å². The van der Waals surface area contributed by atoms with Gasteiger partial charge in [-0.05, 0) is 60.9 Å². The highest BCUT2D eigenvalue weighted by atomic mass is 32.1. The quantitative estimate of drug-likeness (QED) is 0.302. The molecule has 3 aromatic carbocycles. The van der Waals surface area contributed by atoms with Crippen molar-refractivity contribution in [2.45, 2.75) is 26.5 Å². The zero-order valence-electron chi connectivity index (χ0n) is 23.0. The molecule has 0 fully saturated rings. The molecule has 5 rings (SSSR count). The van der Waals surface area contributed by atoms with Crippen LogP contribution < -0.4 is 24.5 Å². The van der Waals surface area contributed by atoms with E-state index in [0.29, 0.717) is 33.0 Å². The second kappa shape index (κ2) is 11.8. The maximum Gasteiger partial charge on any atom is 0.338 e. The number of thiazole rings is 1. The number of ether oxygens (including phenoxy) is 2. The second-order valence-corrected chi connectivity index (χ2v) is 10.6. The monoisotopic (exact) mass is 553 g/mol. The highest BCUT2D eigenvalue weighted by Gasteiger charge is 2.33. The summed E-state index contributed by atoms with van der Waals surface area (Å²) in [6.07, 6.45) is 1.84. The Morgan fingerprint density at radius 3 is 2.50 bits per heavy atom. The Bertz CT molecular complexity index is 1740. The van der Waals surface area contributed by atoms with Gasteiger partial charge in [-0.25, -0.2) is 9.79 Å². The number of anilines is 1. The average molecular weight is 554 g/mol. The smallest absolute Gasteiger partial charge is 0.338 e. The molecule has 204 valence electrons. The van der Waals surface area contributed by atoms with Crippen molar-refractivity contribution in [2.75, 3.05) is 25.6 Å². The van der Waals surface area contributed by atoms with Crippen molar-refractivity contribution < 1.29 is 14.3 Å². The van der Waals surface area contributed by atoms with Gasteiger partial charge in [-0.2, -0.15) is 0 Å². The molecule has 1 atom stereocenters. The standard InChI is InChI=1S/C32H31N3O4S/c1-5-38-31(37)28-21(2)33-32-35(29(28)24-14-16-25(17-15-24)34(3)4)30(36)27(40-32)19-23-12-9-13-26(18-23)39-20-22-10-7-6-8-11-22/h6-19,29H,5,20H2,1-4H3/b27-19-. The molecule has 0 spiro atoms. The number of fused-ring (bicyclic) bond motifs is 1. The van der Waals surface area contributed by atoms with Crippen molar-refractivity contribution in [2.24, 2.45) is 4.99 Å².